The summed E-state index contributed by atoms with van der Waals surface area (Å²) >= 11 is 6.35. The van der Waals surface area contributed by atoms with E-state index in [1.54, 1.807) is 0 Å². The van der Waals surface area contributed by atoms with Gasteiger partial charge in [0.1, 0.15) is 5.82 Å². The Labute approximate surface area is 136 Å². The van der Waals surface area contributed by atoms with E-state index in [0.717, 1.165) is 24.2 Å². The summed E-state index contributed by atoms with van der Waals surface area (Å²) in [6.07, 6.45) is 3.30. The maximum Gasteiger partial charge on any atom is 0.110 e. The monoisotopic (exact) mass is 312 g/mol. The molecule has 3 aromatic rings. The van der Waals surface area contributed by atoms with Gasteiger partial charge in [-0.15, -0.1) is 11.6 Å². The maximum absolute atomic E-state index is 6.35. The lowest BCUT2D eigenvalue weighted by Crippen LogP contribution is -2.15. The molecular weight excluding hydrogens is 292 g/mol. The molecule has 0 aliphatic rings. The number of imidazole rings is 1. The number of nitrogens with zero attached hydrogens (tertiary/aromatic N) is 2. The Hall–Kier alpha value is -1.80. The Morgan fingerprint density at radius 2 is 1.77 bits per heavy atom. The Morgan fingerprint density at radius 1 is 1.05 bits per heavy atom. The minimum absolute atomic E-state index is 0.127. The Balaban J connectivity index is 2.13. The van der Waals surface area contributed by atoms with Crippen LogP contribution in [0.15, 0.2) is 54.6 Å². The molecule has 0 spiro atoms. The second kappa shape index (κ2) is 6.97. The van der Waals surface area contributed by atoms with Crippen LogP contribution in [-0.2, 0) is 6.42 Å². The second-order valence-electron chi connectivity index (χ2n) is 5.57. The van der Waals surface area contributed by atoms with Gasteiger partial charge in [-0.25, -0.2) is 4.98 Å². The lowest BCUT2D eigenvalue weighted by molar-refractivity contribution is 0.608. The van der Waals surface area contributed by atoms with Gasteiger partial charge >= 0.3 is 0 Å². The fraction of sp³-hybridized carbons (Fsp3) is 0.316. The van der Waals surface area contributed by atoms with Crippen molar-refractivity contribution < 1.29 is 0 Å². The van der Waals surface area contributed by atoms with Crippen molar-refractivity contribution in [3.05, 3.63) is 66.0 Å². The molecule has 0 bridgehead atoms. The van der Waals surface area contributed by atoms with Gasteiger partial charge in [0.25, 0.3) is 0 Å². The molecule has 1 unspecified atom stereocenters. The minimum Gasteiger partial charge on any atom is -0.319 e. The number of hydrogen-bond donors (Lipinski definition) is 0. The topological polar surface area (TPSA) is 17.8 Å². The number of fused-ring (bicyclic) bond motifs is 1. The molecule has 1 atom stereocenters. The summed E-state index contributed by atoms with van der Waals surface area (Å²) in [5.41, 5.74) is 3.46. The van der Waals surface area contributed by atoms with Crippen LogP contribution in [-0.4, -0.2) is 15.4 Å². The highest BCUT2D eigenvalue weighted by Gasteiger charge is 2.19. The van der Waals surface area contributed by atoms with Crippen LogP contribution in [0.5, 0.6) is 0 Å². The quantitative estimate of drug-likeness (QED) is 0.571. The van der Waals surface area contributed by atoms with Gasteiger partial charge in [-0.1, -0.05) is 55.8 Å². The van der Waals surface area contributed by atoms with Crippen LogP contribution in [0.2, 0.25) is 0 Å². The van der Waals surface area contributed by atoms with Crippen LogP contribution in [0.1, 0.15) is 37.2 Å². The van der Waals surface area contributed by atoms with Crippen molar-refractivity contribution in [2.45, 2.75) is 32.2 Å². The van der Waals surface area contributed by atoms with Gasteiger partial charge in [0.2, 0.25) is 0 Å². The first kappa shape index (κ1) is 15.1. The Morgan fingerprint density at radius 3 is 2.50 bits per heavy atom. The van der Waals surface area contributed by atoms with E-state index in [1.807, 2.05) is 12.1 Å². The molecule has 114 valence electrons. The SMILES string of the molecule is CCCCc1nc2ccccc2n1C(CCl)c1ccccc1. The predicted octanol–water partition coefficient (Wildman–Crippen LogP) is 5.21. The number of halogens is 1. The van der Waals surface area contributed by atoms with E-state index >= 15 is 0 Å². The summed E-state index contributed by atoms with van der Waals surface area (Å²) in [6, 6.07) is 18.9. The molecule has 2 nitrogen and oxygen atoms in total. The zero-order chi connectivity index (χ0) is 15.4. The van der Waals surface area contributed by atoms with Crippen molar-refractivity contribution in [3.63, 3.8) is 0 Å². The van der Waals surface area contributed by atoms with Crippen molar-refractivity contribution >= 4 is 22.6 Å². The van der Waals surface area contributed by atoms with Crippen LogP contribution in [0.25, 0.3) is 11.0 Å². The molecule has 3 rings (SSSR count). The van der Waals surface area contributed by atoms with Crippen LogP contribution in [0, 0.1) is 0 Å². The maximum atomic E-state index is 6.35. The number of aryl methyl sites for hydroxylation is 1. The zero-order valence-corrected chi connectivity index (χ0v) is 13.6. The van der Waals surface area contributed by atoms with E-state index < -0.39 is 0 Å². The molecule has 0 fully saturated rings. The molecule has 0 radical (unpaired) electrons. The summed E-state index contributed by atoms with van der Waals surface area (Å²) in [7, 11) is 0. The lowest BCUT2D eigenvalue weighted by atomic mass is 10.1. The fourth-order valence-electron chi connectivity index (χ4n) is 2.94. The van der Waals surface area contributed by atoms with E-state index in [2.05, 4.69) is 54.0 Å². The van der Waals surface area contributed by atoms with Gasteiger partial charge in [-0.05, 0) is 24.1 Å². The lowest BCUT2D eigenvalue weighted by Gasteiger charge is -2.20. The highest BCUT2D eigenvalue weighted by atomic mass is 35.5. The molecule has 0 aliphatic carbocycles. The van der Waals surface area contributed by atoms with E-state index in [1.165, 1.54) is 17.5 Å². The predicted molar refractivity (Wildman–Crippen MR) is 93.6 cm³/mol. The third-order valence-corrected chi connectivity index (χ3v) is 4.36. The van der Waals surface area contributed by atoms with Gasteiger partial charge in [0.05, 0.1) is 17.1 Å². The molecule has 2 aromatic carbocycles. The van der Waals surface area contributed by atoms with Crippen molar-refractivity contribution in [1.29, 1.82) is 0 Å². The Kier molecular flexibility index (Phi) is 4.79. The van der Waals surface area contributed by atoms with Gasteiger partial charge in [-0.3, -0.25) is 0 Å². The van der Waals surface area contributed by atoms with E-state index in [0.29, 0.717) is 5.88 Å². The molecule has 22 heavy (non-hydrogen) atoms. The van der Waals surface area contributed by atoms with Crippen molar-refractivity contribution in [2.24, 2.45) is 0 Å². The number of aromatic nitrogens is 2. The normalized spacial score (nSPS) is 12.6. The second-order valence-corrected chi connectivity index (χ2v) is 5.88. The number of rotatable bonds is 6. The molecule has 0 aliphatic heterocycles. The number of para-hydroxylation sites is 2. The summed E-state index contributed by atoms with van der Waals surface area (Å²) in [5, 5.41) is 0. The average Bonchev–Trinajstić information content (AvgIpc) is 2.93. The zero-order valence-electron chi connectivity index (χ0n) is 12.9. The molecule has 1 aromatic heterocycles. The highest BCUT2D eigenvalue weighted by molar-refractivity contribution is 6.18. The average molecular weight is 313 g/mol. The summed E-state index contributed by atoms with van der Waals surface area (Å²) in [6.45, 7) is 2.21. The van der Waals surface area contributed by atoms with Crippen molar-refractivity contribution in [1.82, 2.24) is 9.55 Å². The summed E-state index contributed by atoms with van der Waals surface area (Å²) in [5.74, 6) is 1.68. The smallest absolute Gasteiger partial charge is 0.110 e. The number of unbranched alkanes of at least 4 members (excludes halogenated alkanes) is 1. The Bertz CT molecular complexity index is 734. The van der Waals surface area contributed by atoms with Crippen LogP contribution in [0.3, 0.4) is 0 Å². The van der Waals surface area contributed by atoms with Gasteiger partial charge in [-0.2, -0.15) is 0 Å². The first-order valence-electron chi connectivity index (χ1n) is 7.92. The first-order chi connectivity index (χ1) is 10.8. The van der Waals surface area contributed by atoms with Crippen LogP contribution < -0.4 is 0 Å². The fourth-order valence-corrected chi connectivity index (χ4v) is 3.25. The molecular formula is C19H21ClN2. The van der Waals surface area contributed by atoms with Gasteiger partial charge in [0.15, 0.2) is 0 Å². The third kappa shape index (κ3) is 2.89. The van der Waals surface area contributed by atoms with E-state index in [4.69, 9.17) is 16.6 Å². The first-order valence-corrected chi connectivity index (χ1v) is 8.45. The van der Waals surface area contributed by atoms with Crippen LogP contribution >= 0.6 is 11.6 Å². The number of alkyl halides is 1. The summed E-state index contributed by atoms with van der Waals surface area (Å²) in [4.78, 5) is 4.85. The van der Waals surface area contributed by atoms with E-state index in [-0.39, 0.29) is 6.04 Å². The van der Waals surface area contributed by atoms with Crippen LogP contribution in [0.4, 0.5) is 0 Å². The minimum atomic E-state index is 0.127. The number of benzene rings is 2. The summed E-state index contributed by atoms with van der Waals surface area (Å²) < 4.78 is 2.33. The largest absolute Gasteiger partial charge is 0.319 e. The van der Waals surface area contributed by atoms with Crippen molar-refractivity contribution in [3.8, 4) is 0 Å². The molecule has 0 saturated heterocycles. The molecule has 0 saturated carbocycles. The third-order valence-electron chi connectivity index (χ3n) is 4.06. The standard InChI is InChI=1S/C19H21ClN2/c1-2-3-13-19-21-16-11-7-8-12-17(16)22(19)18(14-20)15-9-5-4-6-10-15/h4-12,18H,2-3,13-14H2,1H3. The molecule has 3 heteroatoms. The highest BCUT2D eigenvalue weighted by Crippen LogP contribution is 2.28. The molecule has 1 heterocycles. The van der Waals surface area contributed by atoms with Crippen molar-refractivity contribution in [2.75, 3.05) is 5.88 Å². The van der Waals surface area contributed by atoms with Gasteiger partial charge < -0.3 is 4.57 Å². The molecule has 0 amide bonds. The van der Waals surface area contributed by atoms with Gasteiger partial charge in [0, 0.05) is 12.3 Å². The van der Waals surface area contributed by atoms with E-state index in [9.17, 15) is 0 Å². The molecule has 0 N–H and O–H groups in total. The number of hydrogen-bond acceptors (Lipinski definition) is 1.